The summed E-state index contributed by atoms with van der Waals surface area (Å²) in [5.74, 6) is -0.684. The number of carbonyl (C=O) groups is 3. The minimum atomic E-state index is -0.444. The van der Waals surface area contributed by atoms with Gasteiger partial charge >= 0.3 is 11.9 Å². The number of benzene rings is 1. The van der Waals surface area contributed by atoms with Crippen molar-refractivity contribution in [2.24, 2.45) is 0 Å². The van der Waals surface area contributed by atoms with Gasteiger partial charge in [-0.05, 0) is 31.4 Å². The fraction of sp³-hybridized carbons (Fsp3) is 0.679. The van der Waals surface area contributed by atoms with E-state index in [1.807, 2.05) is 0 Å². The molecule has 192 valence electrons. The highest BCUT2D eigenvalue weighted by Crippen LogP contribution is 2.14. The maximum absolute atomic E-state index is 12.4. The lowest BCUT2D eigenvalue weighted by Crippen LogP contribution is -2.15. The van der Waals surface area contributed by atoms with Gasteiger partial charge in [0.1, 0.15) is 0 Å². The van der Waals surface area contributed by atoms with E-state index < -0.39 is 11.9 Å². The molecular weight excluding hydrogens is 430 g/mol. The SMILES string of the molecule is CCCCCCCCOC(=O)c1ccccc1C(=O)OCCCCCCCC.O=C1CCCN1. The predicted octanol–water partition coefficient (Wildman–Crippen LogP) is 6.62. The summed E-state index contributed by atoms with van der Waals surface area (Å²) in [4.78, 5) is 34.8. The average Bonchev–Trinajstić information content (AvgIpc) is 3.34. The van der Waals surface area contributed by atoms with Crippen LogP contribution in [-0.4, -0.2) is 37.6 Å². The van der Waals surface area contributed by atoms with Gasteiger partial charge in [-0.3, -0.25) is 4.79 Å². The van der Waals surface area contributed by atoms with Gasteiger partial charge in [-0.25, -0.2) is 9.59 Å². The summed E-state index contributed by atoms with van der Waals surface area (Å²) in [6.45, 7) is 6.06. The van der Waals surface area contributed by atoms with Crippen molar-refractivity contribution in [3.63, 3.8) is 0 Å². The molecule has 34 heavy (non-hydrogen) atoms. The molecule has 6 nitrogen and oxygen atoms in total. The van der Waals surface area contributed by atoms with Crippen molar-refractivity contribution in [3.8, 4) is 0 Å². The Balaban J connectivity index is 0.000000830. The number of hydrogen-bond acceptors (Lipinski definition) is 5. The van der Waals surface area contributed by atoms with Crippen LogP contribution >= 0.6 is 0 Å². The largest absolute Gasteiger partial charge is 0.462 e. The molecule has 0 aromatic heterocycles. The van der Waals surface area contributed by atoms with Gasteiger partial charge in [0, 0.05) is 13.0 Å². The maximum Gasteiger partial charge on any atom is 0.339 e. The Morgan fingerprint density at radius 2 is 1.18 bits per heavy atom. The van der Waals surface area contributed by atoms with Crippen LogP contribution in [0, 0.1) is 0 Å². The molecule has 0 bridgehead atoms. The molecule has 1 aromatic carbocycles. The zero-order valence-corrected chi connectivity index (χ0v) is 21.4. The summed E-state index contributed by atoms with van der Waals surface area (Å²) in [6, 6.07) is 6.74. The number of carbonyl (C=O) groups excluding carboxylic acids is 3. The molecule has 1 amide bonds. The van der Waals surface area contributed by atoms with Crippen LogP contribution in [0.3, 0.4) is 0 Å². The van der Waals surface area contributed by atoms with Gasteiger partial charge < -0.3 is 14.8 Å². The van der Waals surface area contributed by atoms with E-state index >= 15 is 0 Å². The van der Waals surface area contributed by atoms with Crippen molar-refractivity contribution in [1.29, 1.82) is 0 Å². The van der Waals surface area contributed by atoms with Crippen LogP contribution in [0.2, 0.25) is 0 Å². The topological polar surface area (TPSA) is 81.7 Å². The third kappa shape index (κ3) is 14.0. The number of nitrogens with one attached hydrogen (secondary N) is 1. The van der Waals surface area contributed by atoms with E-state index in [9.17, 15) is 14.4 Å². The summed E-state index contributed by atoms with van der Waals surface area (Å²) in [7, 11) is 0. The highest BCUT2D eigenvalue weighted by molar-refractivity contribution is 6.03. The van der Waals surface area contributed by atoms with E-state index in [0.717, 1.165) is 45.1 Å². The lowest BCUT2D eigenvalue weighted by Gasteiger charge is -2.10. The number of unbranched alkanes of at least 4 members (excludes halogenated alkanes) is 10. The first-order valence-electron chi connectivity index (χ1n) is 13.3. The van der Waals surface area contributed by atoms with E-state index in [1.54, 1.807) is 24.3 Å². The summed E-state index contributed by atoms with van der Waals surface area (Å²) in [5, 5.41) is 2.68. The van der Waals surface area contributed by atoms with E-state index in [0.29, 0.717) is 24.3 Å². The van der Waals surface area contributed by atoms with Crippen LogP contribution in [0.5, 0.6) is 0 Å². The number of ether oxygens (including phenoxy) is 2. The van der Waals surface area contributed by atoms with Crippen LogP contribution in [0.25, 0.3) is 0 Å². The molecule has 1 aliphatic heterocycles. The molecule has 6 heteroatoms. The monoisotopic (exact) mass is 475 g/mol. The first-order chi connectivity index (χ1) is 16.6. The molecule has 0 aliphatic carbocycles. The van der Waals surface area contributed by atoms with Crippen molar-refractivity contribution in [2.75, 3.05) is 19.8 Å². The predicted molar refractivity (Wildman–Crippen MR) is 136 cm³/mol. The summed E-state index contributed by atoms with van der Waals surface area (Å²) < 4.78 is 10.7. The minimum absolute atomic E-state index is 0.204. The van der Waals surface area contributed by atoms with E-state index in [-0.39, 0.29) is 5.91 Å². The van der Waals surface area contributed by atoms with Gasteiger partial charge in [-0.2, -0.15) is 0 Å². The van der Waals surface area contributed by atoms with Crippen molar-refractivity contribution < 1.29 is 23.9 Å². The Hall–Kier alpha value is -2.37. The smallest absolute Gasteiger partial charge is 0.339 e. The molecule has 0 saturated carbocycles. The molecule has 0 radical (unpaired) electrons. The minimum Gasteiger partial charge on any atom is -0.462 e. The van der Waals surface area contributed by atoms with Crippen LogP contribution in [0.4, 0.5) is 0 Å². The molecule has 1 saturated heterocycles. The highest BCUT2D eigenvalue weighted by Gasteiger charge is 2.18. The Labute approximate surface area is 206 Å². The lowest BCUT2D eigenvalue weighted by molar-refractivity contribution is -0.119. The fourth-order valence-corrected chi connectivity index (χ4v) is 3.65. The molecule has 1 heterocycles. The molecular formula is C28H45NO5. The van der Waals surface area contributed by atoms with Crippen LogP contribution in [0.1, 0.15) is 124 Å². The fourth-order valence-electron chi connectivity index (χ4n) is 3.65. The molecule has 1 fully saturated rings. The zero-order chi connectivity index (χ0) is 24.9. The number of esters is 2. The average molecular weight is 476 g/mol. The van der Waals surface area contributed by atoms with Crippen LogP contribution in [-0.2, 0) is 14.3 Å². The zero-order valence-electron chi connectivity index (χ0n) is 21.4. The molecule has 2 rings (SSSR count). The Bertz CT molecular complexity index is 647. The normalized spacial score (nSPS) is 12.5. The lowest BCUT2D eigenvalue weighted by atomic mass is 10.1. The quantitative estimate of drug-likeness (QED) is 0.215. The Kier molecular flexibility index (Phi) is 17.5. The molecule has 0 unspecified atom stereocenters. The summed E-state index contributed by atoms with van der Waals surface area (Å²) >= 11 is 0. The first kappa shape index (κ1) is 29.7. The van der Waals surface area contributed by atoms with Gasteiger partial charge in [-0.15, -0.1) is 0 Å². The van der Waals surface area contributed by atoms with Gasteiger partial charge in [-0.1, -0.05) is 90.2 Å². The first-order valence-corrected chi connectivity index (χ1v) is 13.3. The molecule has 1 aliphatic rings. The van der Waals surface area contributed by atoms with Gasteiger partial charge in [0.15, 0.2) is 0 Å². The maximum atomic E-state index is 12.4. The summed E-state index contributed by atoms with van der Waals surface area (Å²) in [6.07, 6.45) is 15.4. The van der Waals surface area contributed by atoms with Gasteiger partial charge in [0.25, 0.3) is 0 Å². The van der Waals surface area contributed by atoms with Crippen molar-refractivity contribution in [1.82, 2.24) is 5.32 Å². The second-order valence-corrected chi connectivity index (χ2v) is 8.81. The van der Waals surface area contributed by atoms with Gasteiger partial charge in [0.05, 0.1) is 24.3 Å². The van der Waals surface area contributed by atoms with E-state index in [4.69, 9.17) is 9.47 Å². The standard InChI is InChI=1S/C24H38O4.C4H7NO/c1-3-5-7-9-11-15-19-27-23(25)21-17-13-14-18-22(21)24(26)28-20-16-12-10-8-6-4-2;6-4-2-1-3-5-4/h13-14,17-18H,3-12,15-16,19-20H2,1-2H3;1-3H2,(H,5,6). The van der Waals surface area contributed by atoms with E-state index in [2.05, 4.69) is 19.2 Å². The van der Waals surface area contributed by atoms with Crippen molar-refractivity contribution in [3.05, 3.63) is 35.4 Å². The van der Waals surface area contributed by atoms with Crippen LogP contribution in [0.15, 0.2) is 24.3 Å². The van der Waals surface area contributed by atoms with Crippen molar-refractivity contribution >= 4 is 17.8 Å². The molecule has 1 aromatic rings. The second-order valence-electron chi connectivity index (χ2n) is 8.81. The van der Waals surface area contributed by atoms with Gasteiger partial charge in [0.2, 0.25) is 5.91 Å². The van der Waals surface area contributed by atoms with Crippen molar-refractivity contribution in [2.45, 2.75) is 104 Å². The molecule has 0 atom stereocenters. The second kappa shape index (κ2) is 20.0. The molecule has 1 N–H and O–H groups in total. The highest BCUT2D eigenvalue weighted by atomic mass is 16.5. The Morgan fingerprint density at radius 1 is 0.735 bits per heavy atom. The number of hydrogen-bond donors (Lipinski definition) is 1. The Morgan fingerprint density at radius 3 is 1.53 bits per heavy atom. The number of amides is 1. The van der Waals surface area contributed by atoms with Crippen LogP contribution < -0.4 is 5.32 Å². The third-order valence-corrected chi connectivity index (χ3v) is 5.73. The molecule has 0 spiro atoms. The third-order valence-electron chi connectivity index (χ3n) is 5.73. The number of rotatable bonds is 16. The van der Waals surface area contributed by atoms with E-state index in [1.165, 1.54) is 51.4 Å². The summed E-state index contributed by atoms with van der Waals surface area (Å²) in [5.41, 5.74) is 0.586.